The highest BCUT2D eigenvalue weighted by molar-refractivity contribution is 5.99. The van der Waals surface area contributed by atoms with Crippen LogP contribution < -0.4 is 10.5 Å². The summed E-state index contributed by atoms with van der Waals surface area (Å²) in [4.78, 5) is 14.0. The zero-order valence-corrected chi connectivity index (χ0v) is 10.8. The summed E-state index contributed by atoms with van der Waals surface area (Å²) in [7, 11) is 1.54. The zero-order valence-electron chi connectivity index (χ0n) is 10.8. The topological polar surface area (TPSA) is 85.0 Å². The number of hydrogen-bond acceptors (Lipinski definition) is 5. The lowest BCUT2D eigenvalue weighted by Gasteiger charge is -2.32. The minimum atomic E-state index is -0.329. The number of carbonyl (C=O) groups is 1. The zero-order chi connectivity index (χ0) is 13.8. The van der Waals surface area contributed by atoms with Gasteiger partial charge in [-0.3, -0.25) is 4.79 Å². The van der Waals surface area contributed by atoms with Gasteiger partial charge in [-0.1, -0.05) is 0 Å². The SMILES string of the molecule is COc1ccc(N)c(C(=O)N2CCOC(CO)C2)c1. The predicted molar refractivity (Wildman–Crippen MR) is 70.1 cm³/mol. The molecule has 0 aliphatic carbocycles. The Morgan fingerprint density at radius 1 is 1.63 bits per heavy atom. The van der Waals surface area contributed by atoms with Gasteiger partial charge in [0.1, 0.15) is 5.75 Å². The van der Waals surface area contributed by atoms with E-state index in [4.69, 9.17) is 20.3 Å². The van der Waals surface area contributed by atoms with Crippen molar-refractivity contribution < 1.29 is 19.4 Å². The molecule has 6 nitrogen and oxygen atoms in total. The summed E-state index contributed by atoms with van der Waals surface area (Å²) < 4.78 is 10.4. The Hall–Kier alpha value is -1.79. The first-order valence-corrected chi connectivity index (χ1v) is 6.11. The lowest BCUT2D eigenvalue weighted by atomic mass is 10.1. The molecule has 3 N–H and O–H groups in total. The summed E-state index contributed by atoms with van der Waals surface area (Å²) in [6.45, 7) is 1.18. The summed E-state index contributed by atoms with van der Waals surface area (Å²) >= 11 is 0. The molecule has 1 atom stereocenters. The van der Waals surface area contributed by atoms with E-state index in [1.165, 1.54) is 7.11 Å². The van der Waals surface area contributed by atoms with Gasteiger partial charge in [-0.15, -0.1) is 0 Å². The summed E-state index contributed by atoms with van der Waals surface area (Å²) in [6.07, 6.45) is -0.329. The van der Waals surface area contributed by atoms with Gasteiger partial charge in [-0.05, 0) is 18.2 Å². The maximum absolute atomic E-state index is 12.4. The molecular weight excluding hydrogens is 248 g/mol. The molecule has 1 heterocycles. The third-order valence-corrected chi connectivity index (χ3v) is 3.12. The predicted octanol–water partition coefficient (Wildman–Crippen LogP) is 0.111. The van der Waals surface area contributed by atoms with Crippen LogP contribution in [0.15, 0.2) is 18.2 Å². The van der Waals surface area contributed by atoms with E-state index in [2.05, 4.69) is 0 Å². The molecule has 2 rings (SSSR count). The van der Waals surface area contributed by atoms with Gasteiger partial charge < -0.3 is 25.2 Å². The van der Waals surface area contributed by atoms with Gasteiger partial charge in [0.05, 0.1) is 32.0 Å². The first-order chi connectivity index (χ1) is 9.15. The van der Waals surface area contributed by atoms with Crippen LogP contribution >= 0.6 is 0 Å². The van der Waals surface area contributed by atoms with Crippen LogP contribution in [0.25, 0.3) is 0 Å². The number of nitrogen functional groups attached to an aromatic ring is 1. The average molecular weight is 266 g/mol. The Morgan fingerprint density at radius 2 is 2.42 bits per heavy atom. The van der Waals surface area contributed by atoms with Crippen LogP contribution in [-0.4, -0.2) is 55.4 Å². The second-order valence-electron chi connectivity index (χ2n) is 4.38. The number of hydrogen-bond donors (Lipinski definition) is 2. The standard InChI is InChI=1S/C13H18N2O4/c1-18-9-2-3-12(14)11(6-9)13(17)15-4-5-19-10(7-15)8-16/h2-3,6,10,16H,4-5,7-8,14H2,1H3. The van der Waals surface area contributed by atoms with Crippen molar-refractivity contribution in [2.45, 2.75) is 6.10 Å². The van der Waals surface area contributed by atoms with Crippen molar-refractivity contribution in [1.29, 1.82) is 0 Å². The molecule has 1 saturated heterocycles. The number of aliphatic hydroxyl groups excluding tert-OH is 1. The first-order valence-electron chi connectivity index (χ1n) is 6.11. The molecule has 1 unspecified atom stereocenters. The molecule has 1 fully saturated rings. The highest BCUT2D eigenvalue weighted by Crippen LogP contribution is 2.22. The van der Waals surface area contributed by atoms with E-state index >= 15 is 0 Å². The molecular formula is C13H18N2O4. The van der Waals surface area contributed by atoms with E-state index < -0.39 is 0 Å². The van der Waals surface area contributed by atoms with Crippen LogP contribution in [0.2, 0.25) is 0 Å². The maximum atomic E-state index is 12.4. The number of rotatable bonds is 3. The summed E-state index contributed by atoms with van der Waals surface area (Å²) in [5, 5.41) is 9.09. The molecule has 1 aromatic rings. The fourth-order valence-corrected chi connectivity index (χ4v) is 2.03. The lowest BCUT2D eigenvalue weighted by Crippen LogP contribution is -2.47. The number of benzene rings is 1. The quantitative estimate of drug-likeness (QED) is 0.759. The average Bonchev–Trinajstić information content (AvgIpc) is 2.47. The Balaban J connectivity index is 2.18. The summed E-state index contributed by atoms with van der Waals surface area (Å²) in [5.41, 5.74) is 6.66. The number of nitrogens with zero attached hydrogens (tertiary/aromatic N) is 1. The maximum Gasteiger partial charge on any atom is 0.256 e. The Morgan fingerprint density at radius 3 is 3.11 bits per heavy atom. The van der Waals surface area contributed by atoms with Gasteiger partial charge >= 0.3 is 0 Å². The molecule has 0 aromatic heterocycles. The molecule has 0 bridgehead atoms. The highest BCUT2D eigenvalue weighted by atomic mass is 16.5. The van der Waals surface area contributed by atoms with Crippen LogP contribution in [0.1, 0.15) is 10.4 Å². The van der Waals surface area contributed by atoms with E-state index in [9.17, 15) is 4.79 Å². The van der Waals surface area contributed by atoms with Crippen LogP contribution in [0.4, 0.5) is 5.69 Å². The highest BCUT2D eigenvalue weighted by Gasteiger charge is 2.25. The van der Waals surface area contributed by atoms with E-state index in [-0.39, 0.29) is 18.6 Å². The van der Waals surface area contributed by atoms with Crippen LogP contribution in [-0.2, 0) is 4.74 Å². The number of nitrogens with two attached hydrogens (primary N) is 1. The van der Waals surface area contributed by atoms with E-state index in [1.54, 1.807) is 23.1 Å². The molecule has 6 heteroatoms. The van der Waals surface area contributed by atoms with Crippen molar-refractivity contribution in [3.05, 3.63) is 23.8 Å². The van der Waals surface area contributed by atoms with Gasteiger partial charge in [0.2, 0.25) is 0 Å². The minimum Gasteiger partial charge on any atom is -0.497 e. The molecule has 19 heavy (non-hydrogen) atoms. The number of ether oxygens (including phenoxy) is 2. The molecule has 0 saturated carbocycles. The fraction of sp³-hybridized carbons (Fsp3) is 0.462. The number of amides is 1. The molecule has 0 spiro atoms. The van der Waals surface area contributed by atoms with Crippen LogP contribution in [0.3, 0.4) is 0 Å². The molecule has 104 valence electrons. The number of methoxy groups -OCH3 is 1. The van der Waals surface area contributed by atoms with Crippen molar-refractivity contribution in [1.82, 2.24) is 4.90 Å². The van der Waals surface area contributed by atoms with Crippen molar-refractivity contribution in [2.75, 3.05) is 39.1 Å². The second kappa shape index (κ2) is 5.90. The largest absolute Gasteiger partial charge is 0.497 e. The fourth-order valence-electron chi connectivity index (χ4n) is 2.03. The van der Waals surface area contributed by atoms with Gasteiger partial charge in [0.15, 0.2) is 0 Å². The van der Waals surface area contributed by atoms with E-state index in [0.717, 1.165) is 0 Å². The summed E-state index contributed by atoms with van der Waals surface area (Å²) in [5.74, 6) is 0.419. The van der Waals surface area contributed by atoms with Gasteiger partial charge in [0.25, 0.3) is 5.91 Å². The number of carbonyl (C=O) groups excluding carboxylic acids is 1. The molecule has 0 radical (unpaired) electrons. The van der Waals surface area contributed by atoms with E-state index in [1.807, 2.05) is 0 Å². The van der Waals surface area contributed by atoms with Crippen molar-refractivity contribution in [3.8, 4) is 5.75 Å². The smallest absolute Gasteiger partial charge is 0.256 e. The van der Waals surface area contributed by atoms with Gasteiger partial charge in [-0.2, -0.15) is 0 Å². The number of aliphatic hydroxyl groups is 1. The molecule has 1 aliphatic heterocycles. The van der Waals surface area contributed by atoms with E-state index in [0.29, 0.717) is 36.7 Å². The normalized spacial score (nSPS) is 19.3. The summed E-state index contributed by atoms with van der Waals surface area (Å²) in [6, 6.07) is 4.99. The number of morpholine rings is 1. The Bertz CT molecular complexity index is 464. The van der Waals surface area contributed by atoms with Crippen molar-refractivity contribution >= 4 is 11.6 Å². The number of anilines is 1. The monoisotopic (exact) mass is 266 g/mol. The molecule has 1 aromatic carbocycles. The van der Waals surface area contributed by atoms with Gasteiger partial charge in [0, 0.05) is 18.8 Å². The third-order valence-electron chi connectivity index (χ3n) is 3.12. The van der Waals surface area contributed by atoms with Crippen LogP contribution in [0.5, 0.6) is 5.75 Å². The minimum absolute atomic E-state index is 0.0998. The third kappa shape index (κ3) is 2.97. The molecule has 1 amide bonds. The lowest BCUT2D eigenvalue weighted by molar-refractivity contribution is -0.0447. The van der Waals surface area contributed by atoms with Crippen molar-refractivity contribution in [2.24, 2.45) is 0 Å². The Labute approximate surface area is 111 Å². The van der Waals surface area contributed by atoms with Crippen LogP contribution in [0, 0.1) is 0 Å². The second-order valence-corrected chi connectivity index (χ2v) is 4.38. The van der Waals surface area contributed by atoms with Crippen molar-refractivity contribution in [3.63, 3.8) is 0 Å². The Kier molecular flexibility index (Phi) is 4.24. The molecule has 1 aliphatic rings. The first kappa shape index (κ1) is 13.6. The van der Waals surface area contributed by atoms with Gasteiger partial charge in [-0.25, -0.2) is 0 Å².